The summed E-state index contributed by atoms with van der Waals surface area (Å²) in [6.45, 7) is 8.96. The molecule has 0 radical (unpaired) electrons. The van der Waals surface area contributed by atoms with Gasteiger partial charge >= 0.3 is 7.82 Å². The molecule has 0 aliphatic heterocycles. The Labute approximate surface area is 154 Å². The Morgan fingerprint density at radius 3 is 1.44 bits per heavy atom. The van der Waals surface area contributed by atoms with E-state index < -0.39 is 7.82 Å². The molecule has 0 N–H and O–H groups in total. The van der Waals surface area contributed by atoms with Gasteiger partial charge in [0.15, 0.2) is 0 Å². The smallest absolute Gasteiger partial charge is 0.379 e. The molecule has 6 nitrogen and oxygen atoms in total. The molecule has 0 aliphatic rings. The molecule has 7 heteroatoms. The lowest BCUT2D eigenvalue weighted by Crippen LogP contribution is -2.10. The van der Waals surface area contributed by atoms with Crippen molar-refractivity contribution in [3.63, 3.8) is 0 Å². The fourth-order valence-electron chi connectivity index (χ4n) is 2.15. The van der Waals surface area contributed by atoms with Crippen LogP contribution in [0.2, 0.25) is 0 Å². The maximum atomic E-state index is 12.4. The van der Waals surface area contributed by atoms with Crippen LogP contribution in [-0.4, -0.2) is 46.2 Å². The first-order valence-electron chi connectivity index (χ1n) is 9.87. The van der Waals surface area contributed by atoms with Gasteiger partial charge in [-0.1, -0.05) is 52.4 Å². The average Bonchev–Trinajstić information content (AvgIpc) is 2.60. The van der Waals surface area contributed by atoms with Gasteiger partial charge in [-0.2, -0.15) is 0 Å². The van der Waals surface area contributed by atoms with E-state index in [0.717, 1.165) is 12.8 Å². The topological polar surface area (TPSA) is 63.2 Å². The first-order chi connectivity index (χ1) is 12.2. The minimum Gasteiger partial charge on any atom is -0.379 e. The molecule has 25 heavy (non-hydrogen) atoms. The van der Waals surface area contributed by atoms with Crippen LogP contribution >= 0.6 is 7.82 Å². The van der Waals surface area contributed by atoms with Gasteiger partial charge in [0.25, 0.3) is 0 Å². The zero-order valence-electron chi connectivity index (χ0n) is 16.5. The van der Waals surface area contributed by atoms with Crippen LogP contribution in [0.15, 0.2) is 0 Å². The Kier molecular flexibility index (Phi) is 18.8. The fourth-order valence-corrected chi connectivity index (χ4v) is 3.29. The highest BCUT2D eigenvalue weighted by Crippen LogP contribution is 2.49. The van der Waals surface area contributed by atoms with Crippen molar-refractivity contribution in [1.29, 1.82) is 0 Å². The van der Waals surface area contributed by atoms with Crippen LogP contribution < -0.4 is 0 Å². The maximum absolute atomic E-state index is 12.4. The van der Waals surface area contributed by atoms with E-state index in [0.29, 0.717) is 26.4 Å². The van der Waals surface area contributed by atoms with E-state index in [-0.39, 0.29) is 19.8 Å². The molecule has 0 heterocycles. The Morgan fingerprint density at radius 1 is 0.560 bits per heavy atom. The van der Waals surface area contributed by atoms with Crippen molar-refractivity contribution in [2.24, 2.45) is 0 Å². The number of hydrogen-bond acceptors (Lipinski definition) is 6. The van der Waals surface area contributed by atoms with E-state index in [2.05, 4.69) is 13.8 Å². The van der Waals surface area contributed by atoms with Gasteiger partial charge in [-0.25, -0.2) is 4.57 Å². The summed E-state index contributed by atoms with van der Waals surface area (Å²) in [4.78, 5) is 0. The van der Waals surface area contributed by atoms with Crippen LogP contribution in [0.4, 0.5) is 0 Å². The summed E-state index contributed by atoms with van der Waals surface area (Å²) in [5.74, 6) is 0. The largest absolute Gasteiger partial charge is 0.474 e. The minimum atomic E-state index is -3.51. The number of phosphoric ester groups is 1. The van der Waals surface area contributed by atoms with Crippen molar-refractivity contribution < 1.29 is 27.6 Å². The zero-order chi connectivity index (χ0) is 18.6. The average molecular weight is 382 g/mol. The molecule has 0 fully saturated rings. The summed E-state index contributed by atoms with van der Waals surface area (Å²) < 4.78 is 39.0. The predicted molar refractivity (Wildman–Crippen MR) is 101 cm³/mol. The van der Waals surface area contributed by atoms with E-state index in [1.54, 1.807) is 6.92 Å². The molecular formula is C18H39O6P. The Balaban J connectivity index is 3.68. The van der Waals surface area contributed by atoms with Gasteiger partial charge in [0, 0.05) is 13.2 Å². The van der Waals surface area contributed by atoms with Gasteiger partial charge in [0.05, 0.1) is 33.0 Å². The van der Waals surface area contributed by atoms with Crippen LogP contribution in [0.25, 0.3) is 0 Å². The normalized spacial score (nSPS) is 12.0. The molecule has 0 unspecified atom stereocenters. The summed E-state index contributed by atoms with van der Waals surface area (Å²) in [7, 11) is -3.51. The fraction of sp³-hybridized carbons (Fsp3) is 1.00. The molecule has 0 rings (SSSR count). The van der Waals surface area contributed by atoms with Crippen molar-refractivity contribution in [2.75, 3.05) is 46.2 Å². The number of unbranched alkanes of at least 4 members (excludes halogenated alkanes) is 6. The van der Waals surface area contributed by atoms with Gasteiger partial charge in [-0.3, -0.25) is 13.6 Å². The summed E-state index contributed by atoms with van der Waals surface area (Å²) in [6.07, 6.45) is 9.32. The summed E-state index contributed by atoms with van der Waals surface area (Å²) in [5.41, 5.74) is 0. The van der Waals surface area contributed by atoms with E-state index in [9.17, 15) is 4.57 Å². The van der Waals surface area contributed by atoms with Crippen LogP contribution in [0.5, 0.6) is 0 Å². The molecule has 0 amide bonds. The second-order valence-electron chi connectivity index (χ2n) is 5.88. The van der Waals surface area contributed by atoms with E-state index in [4.69, 9.17) is 23.0 Å². The lowest BCUT2D eigenvalue weighted by molar-refractivity contribution is 0.0468. The van der Waals surface area contributed by atoms with Gasteiger partial charge in [0.2, 0.25) is 0 Å². The molecule has 0 aromatic rings. The van der Waals surface area contributed by atoms with E-state index in [1.165, 1.54) is 38.5 Å². The van der Waals surface area contributed by atoms with Crippen LogP contribution in [-0.2, 0) is 27.6 Å². The molecular weight excluding hydrogens is 343 g/mol. The lowest BCUT2D eigenvalue weighted by atomic mass is 10.2. The Morgan fingerprint density at radius 2 is 1.04 bits per heavy atom. The molecule has 0 spiro atoms. The quantitative estimate of drug-likeness (QED) is 0.209. The highest BCUT2D eigenvalue weighted by Gasteiger charge is 2.25. The third-order valence-corrected chi connectivity index (χ3v) is 5.10. The second-order valence-corrected chi connectivity index (χ2v) is 7.55. The van der Waals surface area contributed by atoms with Crippen molar-refractivity contribution in [3.05, 3.63) is 0 Å². The number of hydrogen-bond donors (Lipinski definition) is 0. The number of phosphoric acid groups is 1. The van der Waals surface area contributed by atoms with E-state index >= 15 is 0 Å². The van der Waals surface area contributed by atoms with E-state index in [1.807, 2.05) is 0 Å². The number of ether oxygens (including phenoxy) is 2. The first-order valence-corrected chi connectivity index (χ1v) is 11.3. The van der Waals surface area contributed by atoms with Gasteiger partial charge in [-0.05, 0) is 19.8 Å². The molecule has 0 saturated heterocycles. The summed E-state index contributed by atoms with van der Waals surface area (Å²) in [6, 6.07) is 0. The van der Waals surface area contributed by atoms with Crippen molar-refractivity contribution in [1.82, 2.24) is 0 Å². The standard InChI is InChI=1S/C18H39O6P/c1-4-7-9-11-13-20-15-17-23-25(19,22-6-3)24-18-16-21-14-12-10-8-5-2/h4-18H2,1-3H3. The van der Waals surface area contributed by atoms with Crippen LogP contribution in [0, 0.1) is 0 Å². The zero-order valence-corrected chi connectivity index (χ0v) is 17.4. The number of rotatable bonds is 20. The SMILES string of the molecule is CCCCCCOCCOP(=O)(OCC)OCCOCCCCCC. The molecule has 0 aromatic carbocycles. The third-order valence-electron chi connectivity index (χ3n) is 3.53. The molecule has 0 atom stereocenters. The van der Waals surface area contributed by atoms with Gasteiger partial charge in [0.1, 0.15) is 0 Å². The Hall–Kier alpha value is 0.0300. The Bertz CT molecular complexity index is 290. The van der Waals surface area contributed by atoms with Crippen LogP contribution in [0.1, 0.15) is 72.1 Å². The maximum Gasteiger partial charge on any atom is 0.474 e. The molecule has 0 bridgehead atoms. The third kappa shape index (κ3) is 17.2. The van der Waals surface area contributed by atoms with Gasteiger partial charge < -0.3 is 9.47 Å². The molecule has 152 valence electrons. The summed E-state index contributed by atoms with van der Waals surface area (Å²) in [5, 5.41) is 0. The monoisotopic (exact) mass is 382 g/mol. The molecule has 0 aliphatic carbocycles. The summed E-state index contributed by atoms with van der Waals surface area (Å²) >= 11 is 0. The van der Waals surface area contributed by atoms with Crippen molar-refractivity contribution in [2.45, 2.75) is 72.1 Å². The minimum absolute atomic E-state index is 0.197. The second kappa shape index (κ2) is 18.8. The van der Waals surface area contributed by atoms with Gasteiger partial charge in [-0.15, -0.1) is 0 Å². The predicted octanol–water partition coefficient (Wildman–Crippen LogP) is 5.36. The van der Waals surface area contributed by atoms with Crippen molar-refractivity contribution in [3.8, 4) is 0 Å². The highest BCUT2D eigenvalue weighted by atomic mass is 31.2. The lowest BCUT2D eigenvalue weighted by Gasteiger charge is -2.17. The molecule has 0 aromatic heterocycles. The highest BCUT2D eigenvalue weighted by molar-refractivity contribution is 7.48. The van der Waals surface area contributed by atoms with Crippen LogP contribution in [0.3, 0.4) is 0 Å². The van der Waals surface area contributed by atoms with Crippen molar-refractivity contribution >= 4 is 7.82 Å². The molecule has 0 saturated carbocycles. The first kappa shape index (κ1) is 25.0.